The molecule has 4 nitrogen and oxygen atoms in total. The number of carboxylic acid groups (broad SMARTS) is 1. The average Bonchev–Trinajstić information content (AvgIpc) is 2.73. The molecular formula is C16H22N2O2. The summed E-state index contributed by atoms with van der Waals surface area (Å²) in [5.41, 5.74) is 9.10. The first kappa shape index (κ1) is 14.6. The van der Waals surface area contributed by atoms with Gasteiger partial charge in [-0.3, -0.25) is 0 Å². The monoisotopic (exact) mass is 274 g/mol. The molecule has 0 amide bonds. The fourth-order valence-electron chi connectivity index (χ4n) is 2.61. The van der Waals surface area contributed by atoms with E-state index in [9.17, 15) is 9.90 Å². The summed E-state index contributed by atoms with van der Waals surface area (Å²) in [6.45, 7) is 5.55. The SMILES string of the molecule is CCCCn1cc(CCN)c2cc(C(=O)O)c(C)cc21. The number of aromatic nitrogens is 1. The third-order valence-electron chi connectivity index (χ3n) is 3.71. The molecule has 3 N–H and O–H groups in total. The van der Waals surface area contributed by atoms with Crippen LogP contribution in [0.3, 0.4) is 0 Å². The van der Waals surface area contributed by atoms with Crippen molar-refractivity contribution in [3.63, 3.8) is 0 Å². The Morgan fingerprint density at radius 3 is 2.75 bits per heavy atom. The largest absolute Gasteiger partial charge is 0.478 e. The highest BCUT2D eigenvalue weighted by molar-refractivity contribution is 5.96. The number of hydrogen-bond acceptors (Lipinski definition) is 2. The van der Waals surface area contributed by atoms with Gasteiger partial charge in [0.25, 0.3) is 0 Å². The number of fused-ring (bicyclic) bond motifs is 1. The third kappa shape index (κ3) is 2.70. The number of nitrogens with two attached hydrogens (primary N) is 1. The van der Waals surface area contributed by atoms with Crippen LogP contribution >= 0.6 is 0 Å². The zero-order valence-electron chi connectivity index (χ0n) is 12.1. The van der Waals surface area contributed by atoms with E-state index < -0.39 is 5.97 Å². The maximum Gasteiger partial charge on any atom is 0.335 e. The molecule has 4 heteroatoms. The Morgan fingerprint density at radius 1 is 1.40 bits per heavy atom. The van der Waals surface area contributed by atoms with Gasteiger partial charge in [-0.1, -0.05) is 13.3 Å². The molecule has 0 radical (unpaired) electrons. The Labute approximate surface area is 119 Å². The molecule has 108 valence electrons. The van der Waals surface area contributed by atoms with Crippen LogP contribution in [-0.4, -0.2) is 22.2 Å². The van der Waals surface area contributed by atoms with E-state index in [-0.39, 0.29) is 0 Å². The second-order valence-electron chi connectivity index (χ2n) is 5.23. The maximum absolute atomic E-state index is 11.3. The van der Waals surface area contributed by atoms with Crippen LogP contribution in [0, 0.1) is 6.92 Å². The minimum atomic E-state index is -0.871. The number of nitrogens with zero attached hydrogens (tertiary/aromatic N) is 1. The van der Waals surface area contributed by atoms with Crippen molar-refractivity contribution in [3.05, 3.63) is 35.0 Å². The van der Waals surface area contributed by atoms with E-state index in [0.717, 1.165) is 47.8 Å². The molecule has 0 fully saturated rings. The minimum absolute atomic E-state index is 0.379. The summed E-state index contributed by atoms with van der Waals surface area (Å²) >= 11 is 0. The van der Waals surface area contributed by atoms with E-state index in [1.807, 2.05) is 13.0 Å². The summed E-state index contributed by atoms with van der Waals surface area (Å²) in [5.74, 6) is -0.871. The molecule has 0 bridgehead atoms. The standard InChI is InChI=1S/C16H22N2O2/c1-3-4-7-18-10-12(5-6-17)14-9-13(16(19)20)11(2)8-15(14)18/h8-10H,3-7,17H2,1-2H3,(H,19,20). The van der Waals surface area contributed by atoms with Gasteiger partial charge in [0, 0.05) is 23.6 Å². The van der Waals surface area contributed by atoms with E-state index in [2.05, 4.69) is 17.7 Å². The van der Waals surface area contributed by atoms with Gasteiger partial charge < -0.3 is 15.4 Å². The predicted octanol–water partition coefficient (Wildman–Crippen LogP) is 2.95. The van der Waals surface area contributed by atoms with Crippen molar-refractivity contribution in [2.75, 3.05) is 6.54 Å². The molecule has 1 aromatic heterocycles. The first-order valence-corrected chi connectivity index (χ1v) is 7.14. The van der Waals surface area contributed by atoms with Crippen LogP contribution in [-0.2, 0) is 13.0 Å². The topological polar surface area (TPSA) is 68.2 Å². The number of aromatic carboxylic acids is 1. The van der Waals surface area contributed by atoms with E-state index in [4.69, 9.17) is 5.73 Å². The molecular weight excluding hydrogens is 252 g/mol. The van der Waals surface area contributed by atoms with Gasteiger partial charge >= 0.3 is 5.97 Å². The Bertz CT molecular complexity index is 629. The maximum atomic E-state index is 11.3. The lowest BCUT2D eigenvalue weighted by Gasteiger charge is -2.06. The molecule has 0 saturated heterocycles. The van der Waals surface area contributed by atoms with Crippen molar-refractivity contribution < 1.29 is 9.90 Å². The molecule has 2 rings (SSSR count). The average molecular weight is 274 g/mol. The summed E-state index contributed by atoms with van der Waals surface area (Å²) in [7, 11) is 0. The first-order chi connectivity index (χ1) is 9.58. The van der Waals surface area contributed by atoms with Gasteiger partial charge in [-0.05, 0) is 49.6 Å². The molecule has 1 aromatic carbocycles. The number of carboxylic acids is 1. The summed E-state index contributed by atoms with van der Waals surface area (Å²) in [4.78, 5) is 11.3. The van der Waals surface area contributed by atoms with Crippen molar-refractivity contribution >= 4 is 16.9 Å². The number of hydrogen-bond donors (Lipinski definition) is 2. The zero-order chi connectivity index (χ0) is 14.7. The number of benzene rings is 1. The van der Waals surface area contributed by atoms with Crippen LogP contribution in [0.25, 0.3) is 10.9 Å². The number of unbranched alkanes of at least 4 members (excludes halogenated alkanes) is 1. The fourth-order valence-corrected chi connectivity index (χ4v) is 2.61. The normalized spacial score (nSPS) is 11.2. The van der Waals surface area contributed by atoms with Crippen molar-refractivity contribution in [3.8, 4) is 0 Å². The Balaban J connectivity index is 2.59. The van der Waals surface area contributed by atoms with Crippen LogP contribution < -0.4 is 5.73 Å². The lowest BCUT2D eigenvalue weighted by molar-refractivity contribution is 0.0696. The van der Waals surface area contributed by atoms with Crippen LogP contribution in [0.15, 0.2) is 18.3 Å². The molecule has 1 heterocycles. The lowest BCUT2D eigenvalue weighted by atomic mass is 10.0. The van der Waals surface area contributed by atoms with Gasteiger partial charge in [-0.15, -0.1) is 0 Å². The highest BCUT2D eigenvalue weighted by atomic mass is 16.4. The van der Waals surface area contributed by atoms with E-state index >= 15 is 0 Å². The van der Waals surface area contributed by atoms with Gasteiger partial charge in [0.2, 0.25) is 0 Å². The zero-order valence-corrected chi connectivity index (χ0v) is 12.1. The van der Waals surface area contributed by atoms with Gasteiger partial charge in [-0.25, -0.2) is 4.79 Å². The minimum Gasteiger partial charge on any atom is -0.478 e. The Kier molecular flexibility index (Phi) is 4.45. The summed E-state index contributed by atoms with van der Waals surface area (Å²) < 4.78 is 2.22. The molecule has 2 aromatic rings. The molecule has 0 unspecified atom stereocenters. The van der Waals surface area contributed by atoms with Crippen molar-refractivity contribution in [2.24, 2.45) is 5.73 Å². The lowest BCUT2D eigenvalue weighted by Crippen LogP contribution is -2.03. The first-order valence-electron chi connectivity index (χ1n) is 7.14. The smallest absolute Gasteiger partial charge is 0.335 e. The highest BCUT2D eigenvalue weighted by Crippen LogP contribution is 2.26. The van der Waals surface area contributed by atoms with E-state index in [0.29, 0.717) is 12.1 Å². The summed E-state index contributed by atoms with van der Waals surface area (Å²) in [6.07, 6.45) is 5.15. The van der Waals surface area contributed by atoms with Gasteiger partial charge in [0.15, 0.2) is 0 Å². The van der Waals surface area contributed by atoms with Gasteiger partial charge in [0.05, 0.1) is 5.56 Å². The van der Waals surface area contributed by atoms with Gasteiger partial charge in [0.1, 0.15) is 0 Å². The quantitative estimate of drug-likeness (QED) is 0.851. The van der Waals surface area contributed by atoms with Crippen LogP contribution in [0.5, 0.6) is 0 Å². The van der Waals surface area contributed by atoms with Crippen molar-refractivity contribution in [1.82, 2.24) is 4.57 Å². The van der Waals surface area contributed by atoms with E-state index in [1.165, 1.54) is 0 Å². The van der Waals surface area contributed by atoms with E-state index in [1.54, 1.807) is 6.07 Å². The molecule has 0 aliphatic carbocycles. The summed E-state index contributed by atoms with van der Waals surface area (Å²) in [6, 6.07) is 3.77. The molecule has 0 aliphatic rings. The molecule has 0 spiro atoms. The molecule has 0 aliphatic heterocycles. The van der Waals surface area contributed by atoms with Crippen molar-refractivity contribution in [2.45, 2.75) is 39.7 Å². The number of aryl methyl sites for hydroxylation is 2. The fraction of sp³-hybridized carbons (Fsp3) is 0.438. The number of carbonyl (C=O) groups is 1. The molecule has 20 heavy (non-hydrogen) atoms. The summed E-state index contributed by atoms with van der Waals surface area (Å²) in [5, 5.41) is 10.3. The van der Waals surface area contributed by atoms with Crippen LogP contribution in [0.2, 0.25) is 0 Å². The van der Waals surface area contributed by atoms with Gasteiger partial charge in [-0.2, -0.15) is 0 Å². The predicted molar refractivity (Wildman–Crippen MR) is 81.3 cm³/mol. The van der Waals surface area contributed by atoms with Crippen LogP contribution in [0.4, 0.5) is 0 Å². The third-order valence-corrected chi connectivity index (χ3v) is 3.71. The molecule has 0 atom stereocenters. The van der Waals surface area contributed by atoms with Crippen LogP contribution in [0.1, 0.15) is 41.3 Å². The van der Waals surface area contributed by atoms with Crippen molar-refractivity contribution in [1.29, 1.82) is 0 Å². The molecule has 0 saturated carbocycles. The highest BCUT2D eigenvalue weighted by Gasteiger charge is 2.14. The second-order valence-corrected chi connectivity index (χ2v) is 5.23. The number of rotatable bonds is 6. The Morgan fingerprint density at radius 2 is 2.15 bits per heavy atom. The Hall–Kier alpha value is -1.81. The second kappa shape index (κ2) is 6.09.